The van der Waals surface area contributed by atoms with Gasteiger partial charge in [0.15, 0.2) is 0 Å². The van der Waals surface area contributed by atoms with Crippen molar-refractivity contribution in [1.82, 2.24) is 0 Å². The number of rotatable bonds is 5. The van der Waals surface area contributed by atoms with Gasteiger partial charge in [0.05, 0.1) is 11.2 Å². The summed E-state index contributed by atoms with van der Waals surface area (Å²) in [5, 5.41) is 0. The molecule has 0 amide bonds. The maximum absolute atomic E-state index is 2.79. The zero-order chi connectivity index (χ0) is 52.7. The Balaban J connectivity index is 1.16. The van der Waals surface area contributed by atoms with E-state index in [1.54, 1.807) is 0 Å². The van der Waals surface area contributed by atoms with E-state index in [4.69, 9.17) is 0 Å². The van der Waals surface area contributed by atoms with Crippen LogP contribution in [0.3, 0.4) is 0 Å². The first-order valence-corrected chi connectivity index (χ1v) is 27.9. The van der Waals surface area contributed by atoms with E-state index in [1.165, 1.54) is 142 Å². The number of anilines is 8. The monoisotopic (exact) mass is 982 g/mol. The third-order valence-electron chi connectivity index (χ3n) is 18.4. The first-order valence-electron chi connectivity index (χ1n) is 27.9. The highest BCUT2D eigenvalue weighted by Crippen LogP contribution is 2.62. The lowest BCUT2D eigenvalue weighted by molar-refractivity contribution is 0.195. The van der Waals surface area contributed by atoms with Gasteiger partial charge in [-0.05, 0) is 189 Å². The Morgan fingerprint density at radius 3 is 1.69 bits per heavy atom. The molecule has 0 aromatic heterocycles. The number of benzene rings is 8. The minimum atomic E-state index is -0.0922. The van der Waals surface area contributed by atoms with Gasteiger partial charge in [-0.25, -0.2) is 0 Å². The van der Waals surface area contributed by atoms with Crippen LogP contribution in [0.25, 0.3) is 22.3 Å². The molecule has 8 aromatic rings. The molecule has 0 bridgehead atoms. The maximum atomic E-state index is 2.79. The van der Waals surface area contributed by atoms with E-state index in [0.717, 1.165) is 6.42 Å². The topological polar surface area (TPSA) is 9.72 Å². The Hall–Kier alpha value is -6.78. The predicted molar refractivity (Wildman–Crippen MR) is 324 cm³/mol. The second-order valence-corrected chi connectivity index (χ2v) is 26.4. The summed E-state index contributed by atoms with van der Waals surface area (Å²) in [5.74, 6) is 0. The van der Waals surface area contributed by atoms with E-state index in [1.807, 2.05) is 0 Å². The van der Waals surface area contributed by atoms with Gasteiger partial charge in [-0.2, -0.15) is 0 Å². The predicted octanol–water partition coefficient (Wildman–Crippen LogP) is 17.7. The molecule has 1 saturated carbocycles. The van der Waals surface area contributed by atoms with E-state index in [-0.39, 0.29) is 33.9 Å². The van der Waals surface area contributed by atoms with Gasteiger partial charge in [-0.15, -0.1) is 0 Å². The van der Waals surface area contributed by atoms with Crippen LogP contribution in [0, 0.1) is 20.8 Å². The van der Waals surface area contributed by atoms with Crippen molar-refractivity contribution in [3.8, 4) is 22.3 Å². The smallest absolute Gasteiger partial charge is 0.252 e. The number of nitrogens with zero attached hydrogens (tertiary/aromatic N) is 3. The molecule has 4 aliphatic rings. The average molecular weight is 982 g/mol. The standard InChI is InChI=1S/C71H76BN3/c1-45-39-63-66-64(40-45)74(59-35-28-51(68(7,8)9)42-55(59)48-23-16-15-17-24-48)61-34-25-49(65-46(2)21-20-22-47(65)3)41-58(61)72(66)57-33-32-54(44-62(57)73(63)53-30-26-50(27-31-53)67(4,5)6)75-60-36-29-52(69(10,11)12)43-56(60)70(13)37-18-19-38-71(70,75)14/h15-17,20-36,39-44H,18-19,37-38H2,1-14H3. The zero-order valence-electron chi connectivity index (χ0n) is 47.3. The Morgan fingerprint density at radius 2 is 1.03 bits per heavy atom. The van der Waals surface area contributed by atoms with Crippen LogP contribution in [0.1, 0.15) is 141 Å². The van der Waals surface area contributed by atoms with Gasteiger partial charge in [-0.3, -0.25) is 0 Å². The lowest BCUT2D eigenvalue weighted by atomic mass is 9.33. The molecule has 1 aliphatic carbocycles. The van der Waals surface area contributed by atoms with Gasteiger partial charge in [0.2, 0.25) is 0 Å². The minimum Gasteiger partial charge on any atom is -0.334 e. The highest BCUT2D eigenvalue weighted by atomic mass is 15.3. The highest BCUT2D eigenvalue weighted by molar-refractivity contribution is 7.00. The van der Waals surface area contributed by atoms with E-state index in [0.29, 0.717) is 0 Å². The van der Waals surface area contributed by atoms with Gasteiger partial charge in [0.25, 0.3) is 6.71 Å². The Morgan fingerprint density at radius 1 is 0.440 bits per heavy atom. The number of hydrogen-bond donors (Lipinski definition) is 0. The van der Waals surface area contributed by atoms with Crippen molar-refractivity contribution in [3.05, 3.63) is 197 Å². The van der Waals surface area contributed by atoms with Crippen molar-refractivity contribution in [2.45, 2.75) is 150 Å². The number of aryl methyl sites for hydroxylation is 3. The van der Waals surface area contributed by atoms with Crippen molar-refractivity contribution in [2.24, 2.45) is 0 Å². The zero-order valence-corrected chi connectivity index (χ0v) is 47.3. The second-order valence-electron chi connectivity index (χ2n) is 26.4. The van der Waals surface area contributed by atoms with E-state index < -0.39 is 0 Å². The summed E-state index contributed by atoms with van der Waals surface area (Å²) in [5.41, 5.74) is 28.4. The third kappa shape index (κ3) is 7.66. The first-order chi connectivity index (χ1) is 35.6. The fourth-order valence-electron chi connectivity index (χ4n) is 14.0. The molecule has 12 rings (SSSR count). The van der Waals surface area contributed by atoms with Crippen LogP contribution in [0.5, 0.6) is 0 Å². The Labute approximate surface area is 449 Å². The van der Waals surface area contributed by atoms with Crippen molar-refractivity contribution in [2.75, 3.05) is 14.7 Å². The van der Waals surface area contributed by atoms with Gasteiger partial charge in [0, 0.05) is 50.8 Å². The van der Waals surface area contributed by atoms with Crippen molar-refractivity contribution < 1.29 is 0 Å². The molecule has 378 valence electrons. The van der Waals surface area contributed by atoms with Crippen molar-refractivity contribution in [3.63, 3.8) is 0 Å². The molecule has 0 radical (unpaired) electrons. The normalized spacial score (nSPS) is 18.9. The average Bonchev–Trinajstić information content (AvgIpc) is 3.80. The highest BCUT2D eigenvalue weighted by Gasteiger charge is 2.58. The summed E-state index contributed by atoms with van der Waals surface area (Å²) < 4.78 is 0. The fraction of sp³-hybridized carbons (Fsp3) is 0.324. The lowest BCUT2D eigenvalue weighted by Gasteiger charge is -2.50. The quantitative estimate of drug-likeness (QED) is 0.159. The Kier molecular flexibility index (Phi) is 11.2. The Bertz CT molecular complexity index is 3560. The van der Waals surface area contributed by atoms with Gasteiger partial charge in [-0.1, -0.05) is 179 Å². The molecular weight excluding hydrogens is 906 g/mol. The molecule has 3 heterocycles. The molecule has 0 saturated heterocycles. The molecule has 3 nitrogen and oxygen atoms in total. The van der Waals surface area contributed by atoms with Crippen LogP contribution in [0.4, 0.5) is 45.5 Å². The summed E-state index contributed by atoms with van der Waals surface area (Å²) in [7, 11) is 0. The molecule has 0 spiro atoms. The number of hydrogen-bond acceptors (Lipinski definition) is 3. The van der Waals surface area contributed by atoms with Gasteiger partial charge < -0.3 is 14.7 Å². The first kappa shape index (κ1) is 49.1. The molecule has 2 unspecified atom stereocenters. The fourth-order valence-corrected chi connectivity index (χ4v) is 14.0. The largest absolute Gasteiger partial charge is 0.334 e. The van der Waals surface area contributed by atoms with Crippen molar-refractivity contribution >= 4 is 68.6 Å². The van der Waals surface area contributed by atoms with Crippen LogP contribution in [-0.2, 0) is 21.7 Å². The minimum absolute atomic E-state index is 0.0123. The van der Waals surface area contributed by atoms with Crippen LogP contribution < -0.4 is 31.1 Å². The summed E-state index contributed by atoms with van der Waals surface area (Å²) in [6.45, 7) is 33.0. The van der Waals surface area contributed by atoms with E-state index in [9.17, 15) is 0 Å². The van der Waals surface area contributed by atoms with Crippen molar-refractivity contribution in [1.29, 1.82) is 0 Å². The van der Waals surface area contributed by atoms with Crippen LogP contribution in [0.15, 0.2) is 158 Å². The summed E-state index contributed by atoms with van der Waals surface area (Å²) >= 11 is 0. The van der Waals surface area contributed by atoms with Gasteiger partial charge >= 0.3 is 0 Å². The van der Waals surface area contributed by atoms with Crippen LogP contribution >= 0.6 is 0 Å². The summed E-state index contributed by atoms with van der Waals surface area (Å²) in [4.78, 5) is 8.04. The maximum Gasteiger partial charge on any atom is 0.252 e. The third-order valence-corrected chi connectivity index (χ3v) is 18.4. The molecule has 1 fully saturated rings. The van der Waals surface area contributed by atoms with Crippen LogP contribution in [0.2, 0.25) is 0 Å². The second kappa shape index (κ2) is 17.1. The molecule has 0 N–H and O–H groups in total. The molecular formula is C71H76BN3. The lowest BCUT2D eigenvalue weighted by Crippen LogP contribution is -2.61. The van der Waals surface area contributed by atoms with E-state index in [2.05, 4.69) is 269 Å². The number of fused-ring (bicyclic) bond motifs is 7. The van der Waals surface area contributed by atoms with E-state index >= 15 is 0 Å². The van der Waals surface area contributed by atoms with Gasteiger partial charge in [0.1, 0.15) is 0 Å². The molecule has 4 heteroatoms. The molecule has 8 aromatic carbocycles. The van der Waals surface area contributed by atoms with Crippen LogP contribution in [-0.4, -0.2) is 12.3 Å². The SMILES string of the molecule is Cc1cc2c3c(c1)N(c1ccc(C(C)(C)C)cc1-c1ccccc1)c1ccc(-c4c(C)cccc4C)cc1B3c1ccc(N3c4ccc(C(C)(C)C)cc4C4(C)CCCCC34C)cc1N2c1ccc(C(C)(C)C)cc1. The molecule has 3 aliphatic heterocycles. The summed E-state index contributed by atoms with van der Waals surface area (Å²) in [6.07, 6.45) is 4.84. The molecule has 2 atom stereocenters. The molecule has 75 heavy (non-hydrogen) atoms. The summed E-state index contributed by atoms with van der Waals surface area (Å²) in [6, 6.07) is 62.0.